The average Bonchev–Trinajstić information content (AvgIpc) is 3.83. The molecule has 3 saturated carbocycles. The highest BCUT2D eigenvalue weighted by molar-refractivity contribution is 5.96. The zero-order valence-corrected chi connectivity index (χ0v) is 29.9. The van der Waals surface area contributed by atoms with E-state index in [4.69, 9.17) is 19.3 Å². The Balaban J connectivity index is 1.11. The lowest BCUT2D eigenvalue weighted by atomic mass is 9.35. The molecule has 2 aliphatic heterocycles. The van der Waals surface area contributed by atoms with Crippen LogP contribution in [0.2, 0.25) is 0 Å². The molecule has 2 saturated heterocycles. The topological polar surface area (TPSA) is 179 Å². The number of nitrogens with one attached hydrogen (secondary N) is 2. The molecule has 1 unspecified atom stereocenters. The number of aromatic amines is 1. The molecule has 4 aromatic heterocycles. The van der Waals surface area contributed by atoms with Crippen LogP contribution in [0, 0.1) is 18.3 Å². The molecular formula is C36H43N9O7. The number of H-pyrrole nitrogens is 1. The molecule has 5 fully saturated rings. The SMILES string of the molecule is CCc1c(N2CCN(C(=O)c3c(OC)[nH]cc(C)c3=O)CC2)c(=O)c2nn(-c3ccnc(OC)c3)nc2n1CC(=O)NC12CC(C3CCOC3)(C1)C2. The summed E-state index contributed by atoms with van der Waals surface area (Å²) in [5, 5.41) is 12.7. The van der Waals surface area contributed by atoms with Crippen molar-refractivity contribution in [2.24, 2.45) is 11.3 Å². The summed E-state index contributed by atoms with van der Waals surface area (Å²) in [5.41, 5.74) is 1.79. The predicted molar refractivity (Wildman–Crippen MR) is 189 cm³/mol. The van der Waals surface area contributed by atoms with E-state index < -0.39 is 5.91 Å². The Hall–Kier alpha value is -5.25. The lowest BCUT2D eigenvalue weighted by Crippen LogP contribution is -2.76. The first-order valence-corrected chi connectivity index (χ1v) is 17.8. The average molecular weight is 714 g/mol. The van der Waals surface area contributed by atoms with Gasteiger partial charge in [-0.15, -0.1) is 15.0 Å². The molecule has 0 radical (unpaired) electrons. The Morgan fingerprint density at radius 3 is 2.52 bits per heavy atom. The first-order chi connectivity index (χ1) is 25.1. The number of rotatable bonds is 10. The number of anilines is 1. The molecule has 2 bridgehead atoms. The Morgan fingerprint density at radius 2 is 1.85 bits per heavy atom. The number of nitrogens with zero attached hydrogens (tertiary/aromatic N) is 7. The summed E-state index contributed by atoms with van der Waals surface area (Å²) < 4.78 is 18.1. The molecule has 3 aliphatic carbocycles. The molecule has 52 heavy (non-hydrogen) atoms. The number of ether oxygens (including phenoxy) is 3. The molecule has 0 spiro atoms. The van der Waals surface area contributed by atoms with Gasteiger partial charge >= 0.3 is 0 Å². The van der Waals surface area contributed by atoms with Crippen molar-refractivity contribution < 1.29 is 23.8 Å². The van der Waals surface area contributed by atoms with Crippen molar-refractivity contribution in [3.05, 3.63) is 61.8 Å². The highest BCUT2D eigenvalue weighted by Crippen LogP contribution is 2.71. The zero-order valence-electron chi connectivity index (χ0n) is 29.9. The first-order valence-electron chi connectivity index (χ1n) is 17.8. The molecule has 16 nitrogen and oxygen atoms in total. The predicted octanol–water partition coefficient (Wildman–Crippen LogP) is 1.59. The quantitative estimate of drug-likeness (QED) is 0.244. The van der Waals surface area contributed by atoms with Gasteiger partial charge in [-0.05, 0) is 56.4 Å². The Bertz CT molecular complexity index is 2170. The molecule has 274 valence electrons. The fraction of sp³-hybridized carbons (Fsp3) is 0.528. The van der Waals surface area contributed by atoms with E-state index in [1.807, 2.05) is 16.4 Å². The van der Waals surface area contributed by atoms with Crippen molar-refractivity contribution >= 4 is 28.7 Å². The monoisotopic (exact) mass is 713 g/mol. The lowest BCUT2D eigenvalue weighted by Gasteiger charge is -2.73. The fourth-order valence-electron chi connectivity index (χ4n) is 8.92. The van der Waals surface area contributed by atoms with Crippen LogP contribution in [-0.2, 0) is 22.5 Å². The van der Waals surface area contributed by atoms with E-state index in [0.717, 1.165) is 38.9 Å². The highest BCUT2D eigenvalue weighted by Gasteiger charge is 2.71. The van der Waals surface area contributed by atoms with Gasteiger partial charge in [0.15, 0.2) is 11.2 Å². The molecule has 5 aliphatic rings. The summed E-state index contributed by atoms with van der Waals surface area (Å²) in [6.07, 6.45) is 7.51. The van der Waals surface area contributed by atoms with Gasteiger partial charge in [-0.3, -0.25) is 19.2 Å². The molecule has 2 amide bonds. The van der Waals surface area contributed by atoms with Crippen LogP contribution in [0.4, 0.5) is 5.69 Å². The number of aromatic nitrogens is 6. The number of hydrogen-bond donors (Lipinski definition) is 2. The largest absolute Gasteiger partial charge is 0.482 e. The number of carbonyl (C=O) groups is 2. The van der Waals surface area contributed by atoms with Crippen LogP contribution in [0.1, 0.15) is 54.2 Å². The van der Waals surface area contributed by atoms with Crippen LogP contribution >= 0.6 is 0 Å². The Kier molecular flexibility index (Phi) is 8.31. The normalized spacial score (nSPS) is 23.7. The number of amides is 2. The van der Waals surface area contributed by atoms with Crippen molar-refractivity contribution in [3.63, 3.8) is 0 Å². The number of methoxy groups -OCH3 is 2. The van der Waals surface area contributed by atoms with E-state index in [1.54, 1.807) is 30.2 Å². The Labute approximate surface area is 299 Å². The number of fused-ring (bicyclic) bond motifs is 1. The molecule has 4 aromatic rings. The summed E-state index contributed by atoms with van der Waals surface area (Å²) >= 11 is 0. The molecule has 6 heterocycles. The molecule has 16 heteroatoms. The van der Waals surface area contributed by atoms with Crippen LogP contribution < -0.4 is 30.5 Å². The molecule has 0 aromatic carbocycles. The first kappa shape index (κ1) is 33.9. The van der Waals surface area contributed by atoms with Crippen molar-refractivity contribution in [2.45, 2.75) is 58.0 Å². The third kappa shape index (κ3) is 5.42. The summed E-state index contributed by atoms with van der Waals surface area (Å²) in [6, 6.07) is 3.38. The lowest BCUT2D eigenvalue weighted by molar-refractivity contribution is -0.193. The smallest absolute Gasteiger partial charge is 0.263 e. The van der Waals surface area contributed by atoms with E-state index in [-0.39, 0.29) is 64.3 Å². The minimum atomic E-state index is -0.437. The second-order valence-electron chi connectivity index (χ2n) is 14.6. The van der Waals surface area contributed by atoms with Crippen molar-refractivity contribution in [1.29, 1.82) is 0 Å². The van der Waals surface area contributed by atoms with Gasteiger partial charge in [-0.1, -0.05) is 6.92 Å². The maximum absolute atomic E-state index is 14.4. The molecule has 1 atom stereocenters. The second kappa shape index (κ2) is 12.8. The van der Waals surface area contributed by atoms with Gasteiger partial charge in [0.25, 0.3) is 5.91 Å². The minimum Gasteiger partial charge on any atom is -0.482 e. The summed E-state index contributed by atoms with van der Waals surface area (Å²) in [5.74, 6) is 0.458. The number of piperazine rings is 1. The van der Waals surface area contributed by atoms with Crippen LogP contribution in [0.15, 0.2) is 34.1 Å². The van der Waals surface area contributed by atoms with Gasteiger partial charge in [0, 0.05) is 74.6 Å². The standard InChI is InChI=1S/C36H43N9O7/c1-5-24-29(42-9-11-43(12-10-42)34(49)27-30(47)21(2)15-38-33(27)51-4)31(48)28-32(41-45(40-28)23-6-8-37-26(14-23)50-3)44(24)16-25(46)39-36-18-35(19-36,20-36)22-7-13-52-17-22/h6,8,14-15,22H,5,7,9-13,16-20H2,1-4H3,(H,38,47)(H,39,46). The van der Waals surface area contributed by atoms with Gasteiger partial charge < -0.3 is 38.9 Å². The van der Waals surface area contributed by atoms with E-state index in [1.165, 1.54) is 25.2 Å². The number of hydrogen-bond acceptors (Lipinski definition) is 11. The third-order valence-electron chi connectivity index (χ3n) is 11.5. The number of aryl methyl sites for hydroxylation is 1. The second-order valence-corrected chi connectivity index (χ2v) is 14.6. The summed E-state index contributed by atoms with van der Waals surface area (Å²) in [6.45, 7) is 6.33. The molecular weight excluding hydrogens is 670 g/mol. The van der Waals surface area contributed by atoms with Crippen LogP contribution in [0.25, 0.3) is 16.9 Å². The number of carbonyl (C=O) groups excluding carboxylic acids is 2. The summed E-state index contributed by atoms with van der Waals surface area (Å²) in [4.78, 5) is 66.8. The van der Waals surface area contributed by atoms with Gasteiger partial charge in [0.1, 0.15) is 17.8 Å². The van der Waals surface area contributed by atoms with E-state index in [2.05, 4.69) is 20.4 Å². The van der Waals surface area contributed by atoms with E-state index >= 15 is 0 Å². The maximum atomic E-state index is 14.4. The maximum Gasteiger partial charge on any atom is 0.263 e. The fourth-order valence-corrected chi connectivity index (χ4v) is 8.92. The van der Waals surface area contributed by atoms with Gasteiger partial charge in [0.2, 0.25) is 28.5 Å². The van der Waals surface area contributed by atoms with Crippen LogP contribution in [-0.4, -0.2) is 105 Å². The minimum absolute atomic E-state index is 0.0407. The van der Waals surface area contributed by atoms with Gasteiger partial charge in [0.05, 0.1) is 19.9 Å². The molecule has 2 N–H and O–H groups in total. The van der Waals surface area contributed by atoms with Crippen molar-refractivity contribution in [3.8, 4) is 17.4 Å². The molecule has 9 rings (SSSR count). The Morgan fingerprint density at radius 1 is 1.08 bits per heavy atom. The van der Waals surface area contributed by atoms with Gasteiger partial charge in [-0.25, -0.2) is 4.98 Å². The zero-order chi connectivity index (χ0) is 36.4. The van der Waals surface area contributed by atoms with E-state index in [9.17, 15) is 19.2 Å². The summed E-state index contributed by atoms with van der Waals surface area (Å²) in [7, 11) is 2.92. The van der Waals surface area contributed by atoms with Crippen molar-refractivity contribution in [2.75, 3.05) is 58.5 Å². The van der Waals surface area contributed by atoms with Crippen molar-refractivity contribution in [1.82, 2.24) is 39.7 Å². The third-order valence-corrected chi connectivity index (χ3v) is 11.5. The van der Waals surface area contributed by atoms with Crippen LogP contribution in [0.5, 0.6) is 11.8 Å². The van der Waals surface area contributed by atoms with Crippen LogP contribution in [0.3, 0.4) is 0 Å². The number of pyridine rings is 3. The van der Waals surface area contributed by atoms with E-state index in [0.29, 0.717) is 59.6 Å². The van der Waals surface area contributed by atoms with Gasteiger partial charge in [-0.2, -0.15) is 0 Å². The highest BCUT2D eigenvalue weighted by atomic mass is 16.5.